The molecule has 0 bridgehead atoms. The number of amides is 1. The molecule has 3 rings (SSSR count). The molecule has 1 aromatic heterocycles. The maximum absolute atomic E-state index is 12.6. The van der Waals surface area contributed by atoms with Crippen LogP contribution in [0.5, 0.6) is 0 Å². The lowest BCUT2D eigenvalue weighted by Gasteiger charge is -2.26. The van der Waals surface area contributed by atoms with Crippen LogP contribution in [0.25, 0.3) is 0 Å². The molecule has 2 aliphatic heterocycles. The summed E-state index contributed by atoms with van der Waals surface area (Å²) in [5, 5.41) is 2.06. The van der Waals surface area contributed by atoms with Crippen molar-refractivity contribution in [1.82, 2.24) is 9.80 Å². The number of fused-ring (bicyclic) bond motifs is 1. The predicted molar refractivity (Wildman–Crippen MR) is 83.5 cm³/mol. The Labute approximate surface area is 125 Å². The van der Waals surface area contributed by atoms with Gasteiger partial charge in [-0.25, -0.2) is 0 Å². The summed E-state index contributed by atoms with van der Waals surface area (Å²) in [6, 6.07) is 2.01. The molecule has 0 aromatic carbocycles. The van der Waals surface area contributed by atoms with E-state index in [-0.39, 0.29) is 5.91 Å². The molecule has 0 radical (unpaired) electrons. The molecule has 0 atom stereocenters. The minimum Gasteiger partial charge on any atom is -0.337 e. The summed E-state index contributed by atoms with van der Waals surface area (Å²) in [5.74, 6) is 0.258. The zero-order valence-corrected chi connectivity index (χ0v) is 13.0. The van der Waals surface area contributed by atoms with Crippen LogP contribution >= 0.6 is 11.3 Å². The number of likely N-dealkylation sites (tertiary alicyclic amines) is 1. The van der Waals surface area contributed by atoms with Gasteiger partial charge >= 0.3 is 0 Å². The molecule has 110 valence electrons. The Morgan fingerprint density at radius 3 is 2.60 bits per heavy atom. The van der Waals surface area contributed by atoms with Gasteiger partial charge in [0.25, 0.3) is 5.91 Å². The van der Waals surface area contributed by atoms with Crippen LogP contribution in [-0.4, -0.2) is 48.4 Å². The second-order valence-corrected chi connectivity index (χ2v) is 6.91. The third kappa shape index (κ3) is 3.23. The predicted octanol–water partition coefficient (Wildman–Crippen LogP) is 3.01. The highest BCUT2D eigenvalue weighted by Crippen LogP contribution is 2.23. The molecule has 1 amide bonds. The molecule has 1 saturated heterocycles. The first-order chi connectivity index (χ1) is 9.84. The summed E-state index contributed by atoms with van der Waals surface area (Å²) >= 11 is 1.74. The SMILES string of the molecule is O=C1c2ccsc2CCCN1CCN1CCCCCC1. The van der Waals surface area contributed by atoms with Crippen molar-refractivity contribution in [1.29, 1.82) is 0 Å². The van der Waals surface area contributed by atoms with E-state index in [4.69, 9.17) is 0 Å². The highest BCUT2D eigenvalue weighted by molar-refractivity contribution is 7.10. The number of nitrogens with zero attached hydrogens (tertiary/aromatic N) is 2. The summed E-state index contributed by atoms with van der Waals surface area (Å²) in [6.07, 6.45) is 7.57. The number of thiophene rings is 1. The molecule has 0 spiro atoms. The van der Waals surface area contributed by atoms with Crippen LogP contribution in [0.1, 0.15) is 47.3 Å². The molecule has 1 aromatic rings. The smallest absolute Gasteiger partial charge is 0.255 e. The molecule has 0 unspecified atom stereocenters. The molecular formula is C16H24N2OS. The van der Waals surface area contributed by atoms with Crippen LogP contribution < -0.4 is 0 Å². The lowest BCUT2D eigenvalue weighted by Crippen LogP contribution is -2.39. The van der Waals surface area contributed by atoms with E-state index in [1.54, 1.807) is 11.3 Å². The van der Waals surface area contributed by atoms with E-state index in [1.807, 2.05) is 6.07 Å². The fourth-order valence-electron chi connectivity index (χ4n) is 3.26. The van der Waals surface area contributed by atoms with Gasteiger partial charge in [-0.3, -0.25) is 4.79 Å². The van der Waals surface area contributed by atoms with E-state index in [2.05, 4.69) is 15.2 Å². The van der Waals surface area contributed by atoms with Crippen LogP contribution in [0.3, 0.4) is 0 Å². The Balaban J connectivity index is 1.58. The molecule has 3 nitrogen and oxygen atoms in total. The van der Waals surface area contributed by atoms with E-state index >= 15 is 0 Å². The van der Waals surface area contributed by atoms with Crippen molar-refractivity contribution < 1.29 is 4.79 Å². The maximum atomic E-state index is 12.6. The minimum absolute atomic E-state index is 0.258. The number of aryl methyl sites for hydroxylation is 1. The van der Waals surface area contributed by atoms with Crippen molar-refractivity contribution >= 4 is 17.2 Å². The minimum atomic E-state index is 0.258. The lowest BCUT2D eigenvalue weighted by molar-refractivity contribution is 0.0741. The van der Waals surface area contributed by atoms with Crippen LogP contribution in [0, 0.1) is 0 Å². The fraction of sp³-hybridized carbons (Fsp3) is 0.688. The quantitative estimate of drug-likeness (QED) is 0.855. The van der Waals surface area contributed by atoms with Gasteiger partial charge in [-0.05, 0) is 50.2 Å². The van der Waals surface area contributed by atoms with E-state index in [0.29, 0.717) is 0 Å². The zero-order valence-electron chi connectivity index (χ0n) is 12.1. The van der Waals surface area contributed by atoms with Gasteiger partial charge in [0.2, 0.25) is 0 Å². The molecule has 2 aliphatic rings. The first-order valence-electron chi connectivity index (χ1n) is 7.92. The molecular weight excluding hydrogens is 268 g/mol. The summed E-state index contributed by atoms with van der Waals surface area (Å²) in [6.45, 7) is 5.30. The number of rotatable bonds is 3. The van der Waals surface area contributed by atoms with Gasteiger partial charge in [-0.15, -0.1) is 11.3 Å². The number of carbonyl (C=O) groups excluding carboxylic acids is 1. The van der Waals surface area contributed by atoms with Gasteiger partial charge < -0.3 is 9.80 Å². The Kier molecular flexibility index (Phi) is 4.73. The van der Waals surface area contributed by atoms with Gasteiger partial charge in [0.1, 0.15) is 0 Å². The monoisotopic (exact) mass is 292 g/mol. The Bertz CT molecular complexity index is 449. The van der Waals surface area contributed by atoms with Crippen molar-refractivity contribution in [2.45, 2.75) is 38.5 Å². The summed E-state index contributed by atoms with van der Waals surface area (Å²) in [4.78, 5) is 18.5. The van der Waals surface area contributed by atoms with Gasteiger partial charge in [-0.2, -0.15) is 0 Å². The topological polar surface area (TPSA) is 23.6 Å². The average Bonchev–Trinajstić information content (AvgIpc) is 2.68. The van der Waals surface area contributed by atoms with Crippen LogP contribution in [0.4, 0.5) is 0 Å². The third-order valence-electron chi connectivity index (χ3n) is 4.48. The molecule has 0 N–H and O–H groups in total. The summed E-state index contributed by atoms with van der Waals surface area (Å²) < 4.78 is 0. The van der Waals surface area contributed by atoms with Crippen molar-refractivity contribution in [2.75, 3.05) is 32.7 Å². The van der Waals surface area contributed by atoms with Gasteiger partial charge in [0.15, 0.2) is 0 Å². The van der Waals surface area contributed by atoms with E-state index in [9.17, 15) is 4.79 Å². The van der Waals surface area contributed by atoms with Gasteiger partial charge in [-0.1, -0.05) is 12.8 Å². The molecule has 1 fully saturated rings. The first kappa shape index (κ1) is 14.1. The Morgan fingerprint density at radius 1 is 1.00 bits per heavy atom. The standard InChI is InChI=1S/C16H24N2OS/c19-16-14-7-13-20-15(14)6-5-10-18(16)12-11-17-8-3-1-2-4-9-17/h7,13H,1-6,8-12H2. The van der Waals surface area contributed by atoms with Crippen LogP contribution in [-0.2, 0) is 6.42 Å². The fourth-order valence-corrected chi connectivity index (χ4v) is 4.18. The molecule has 3 heterocycles. The normalized spacial score (nSPS) is 21.4. The van der Waals surface area contributed by atoms with Crippen LogP contribution in [0.15, 0.2) is 11.4 Å². The van der Waals surface area contributed by atoms with Crippen molar-refractivity contribution in [3.05, 3.63) is 21.9 Å². The Morgan fingerprint density at radius 2 is 1.80 bits per heavy atom. The van der Waals surface area contributed by atoms with Crippen molar-refractivity contribution in [2.24, 2.45) is 0 Å². The van der Waals surface area contributed by atoms with Crippen molar-refractivity contribution in [3.63, 3.8) is 0 Å². The second-order valence-electron chi connectivity index (χ2n) is 5.91. The molecule has 20 heavy (non-hydrogen) atoms. The maximum Gasteiger partial charge on any atom is 0.255 e. The highest BCUT2D eigenvalue weighted by atomic mass is 32.1. The Hall–Kier alpha value is -0.870. The highest BCUT2D eigenvalue weighted by Gasteiger charge is 2.23. The molecule has 4 heteroatoms. The van der Waals surface area contributed by atoms with Crippen molar-refractivity contribution in [3.8, 4) is 0 Å². The number of hydrogen-bond donors (Lipinski definition) is 0. The van der Waals surface area contributed by atoms with E-state index in [0.717, 1.165) is 38.0 Å². The number of carbonyl (C=O) groups is 1. The van der Waals surface area contributed by atoms with E-state index in [1.165, 1.54) is 43.6 Å². The van der Waals surface area contributed by atoms with Crippen LogP contribution in [0.2, 0.25) is 0 Å². The summed E-state index contributed by atoms with van der Waals surface area (Å²) in [7, 11) is 0. The second kappa shape index (κ2) is 6.72. The third-order valence-corrected chi connectivity index (χ3v) is 5.46. The largest absolute Gasteiger partial charge is 0.337 e. The first-order valence-corrected chi connectivity index (χ1v) is 8.80. The molecule has 0 aliphatic carbocycles. The average molecular weight is 292 g/mol. The molecule has 0 saturated carbocycles. The van der Waals surface area contributed by atoms with Gasteiger partial charge in [0.05, 0.1) is 5.56 Å². The lowest BCUT2D eigenvalue weighted by atomic mass is 10.2. The number of hydrogen-bond acceptors (Lipinski definition) is 3. The zero-order chi connectivity index (χ0) is 13.8. The summed E-state index contributed by atoms with van der Waals surface area (Å²) in [5.41, 5.74) is 0.961. The van der Waals surface area contributed by atoms with Gasteiger partial charge in [0, 0.05) is 24.5 Å². The van der Waals surface area contributed by atoms with E-state index < -0.39 is 0 Å².